The van der Waals surface area contributed by atoms with E-state index in [2.05, 4.69) is 4.99 Å². The van der Waals surface area contributed by atoms with Crippen molar-refractivity contribution < 1.29 is 28.2 Å². The molecule has 0 N–H and O–H groups in total. The van der Waals surface area contributed by atoms with Crippen LogP contribution in [-0.2, 0) is 19.0 Å². The number of rotatable bonds is 11. The molecule has 1 rings (SSSR count). The van der Waals surface area contributed by atoms with E-state index in [1.165, 1.54) is 11.9 Å². The lowest BCUT2D eigenvalue weighted by Gasteiger charge is -2.23. The Balaban J connectivity index is 2.93. The minimum Gasteiger partial charge on any atom is -0.448 e. The van der Waals surface area contributed by atoms with Gasteiger partial charge in [0.05, 0.1) is 12.7 Å². The maximum atomic E-state index is 14.9. The van der Waals surface area contributed by atoms with Gasteiger partial charge in [-0.15, -0.1) is 0 Å². The molecule has 0 spiro atoms. The summed E-state index contributed by atoms with van der Waals surface area (Å²) >= 11 is 0. The Bertz CT molecular complexity index is 556. The molecular weight excluding hydrogens is 369 g/mol. The SMILES string of the molecule is CCCCCOC(=O)/N=C(/C(F)=C\N(C=O)C1CCC(C)O1)N(C)COCC. The number of ether oxygens (including phenoxy) is 3. The van der Waals surface area contributed by atoms with Crippen LogP contribution >= 0.6 is 0 Å². The van der Waals surface area contributed by atoms with Crippen LogP contribution in [0.5, 0.6) is 0 Å². The van der Waals surface area contributed by atoms with E-state index in [-0.39, 0.29) is 25.3 Å². The Kier molecular flexibility index (Phi) is 11.4. The second-order valence-corrected chi connectivity index (χ2v) is 6.59. The van der Waals surface area contributed by atoms with Crippen molar-refractivity contribution in [1.82, 2.24) is 9.80 Å². The molecule has 0 aliphatic carbocycles. The van der Waals surface area contributed by atoms with Crippen molar-refractivity contribution in [2.75, 3.05) is 27.0 Å². The van der Waals surface area contributed by atoms with Gasteiger partial charge in [-0.25, -0.2) is 9.18 Å². The predicted octanol–water partition coefficient (Wildman–Crippen LogP) is 3.43. The molecule has 0 radical (unpaired) electrons. The first kappa shape index (κ1) is 24.0. The van der Waals surface area contributed by atoms with Crippen LogP contribution in [0.4, 0.5) is 9.18 Å². The minimum absolute atomic E-state index is 0.00391. The Hall–Kier alpha value is -2.00. The van der Waals surface area contributed by atoms with Crippen LogP contribution in [0.25, 0.3) is 0 Å². The molecule has 2 atom stereocenters. The van der Waals surface area contributed by atoms with Crippen molar-refractivity contribution in [2.24, 2.45) is 4.99 Å². The number of amides is 2. The fourth-order valence-electron chi connectivity index (χ4n) is 2.61. The van der Waals surface area contributed by atoms with Gasteiger partial charge in [-0.1, -0.05) is 19.8 Å². The van der Waals surface area contributed by atoms with Crippen LogP contribution in [0, 0.1) is 0 Å². The van der Waals surface area contributed by atoms with E-state index in [0.29, 0.717) is 19.4 Å². The summed E-state index contributed by atoms with van der Waals surface area (Å²) in [6.45, 7) is 6.38. The second kappa shape index (κ2) is 13.2. The maximum absolute atomic E-state index is 14.9. The highest BCUT2D eigenvalue weighted by atomic mass is 19.1. The first-order valence-corrected chi connectivity index (χ1v) is 9.73. The third-order valence-corrected chi connectivity index (χ3v) is 4.16. The highest BCUT2D eigenvalue weighted by molar-refractivity contribution is 6.01. The molecular formula is C19H32FN3O5. The Morgan fingerprint density at radius 1 is 1.32 bits per heavy atom. The zero-order valence-electron chi connectivity index (χ0n) is 17.2. The summed E-state index contributed by atoms with van der Waals surface area (Å²) in [6.07, 6.45) is 4.06. The van der Waals surface area contributed by atoms with Crippen molar-refractivity contribution in [1.29, 1.82) is 0 Å². The number of amidine groups is 1. The van der Waals surface area contributed by atoms with Gasteiger partial charge in [0.1, 0.15) is 13.0 Å². The van der Waals surface area contributed by atoms with E-state index in [9.17, 15) is 14.0 Å². The van der Waals surface area contributed by atoms with Crippen LogP contribution < -0.4 is 0 Å². The molecule has 1 saturated heterocycles. The van der Waals surface area contributed by atoms with Gasteiger partial charge < -0.3 is 19.1 Å². The number of carbonyl (C=O) groups excluding carboxylic acids is 2. The molecule has 2 unspecified atom stereocenters. The van der Waals surface area contributed by atoms with Crippen molar-refractivity contribution in [3.8, 4) is 0 Å². The van der Waals surface area contributed by atoms with Crippen molar-refractivity contribution in [3.05, 3.63) is 12.0 Å². The molecule has 0 bridgehead atoms. The molecule has 160 valence electrons. The van der Waals surface area contributed by atoms with Crippen LogP contribution in [0.15, 0.2) is 17.0 Å². The van der Waals surface area contributed by atoms with Crippen LogP contribution in [0.3, 0.4) is 0 Å². The van der Waals surface area contributed by atoms with E-state index < -0.39 is 18.1 Å². The number of likely N-dealkylation sites (N-methyl/N-ethyl adjacent to an activating group) is 1. The lowest BCUT2D eigenvalue weighted by Crippen LogP contribution is -2.34. The van der Waals surface area contributed by atoms with Crippen LogP contribution in [-0.4, -0.2) is 67.5 Å². The second-order valence-electron chi connectivity index (χ2n) is 6.59. The van der Waals surface area contributed by atoms with Gasteiger partial charge in [-0.05, 0) is 33.1 Å². The summed E-state index contributed by atoms with van der Waals surface area (Å²) in [7, 11) is 1.53. The number of hydrogen-bond acceptors (Lipinski definition) is 5. The molecule has 2 amide bonds. The highest BCUT2D eigenvalue weighted by Gasteiger charge is 2.27. The summed E-state index contributed by atoms with van der Waals surface area (Å²) in [4.78, 5) is 29.5. The number of nitrogens with zero attached hydrogens (tertiary/aromatic N) is 3. The van der Waals surface area contributed by atoms with Crippen LogP contribution in [0.2, 0.25) is 0 Å². The summed E-state index contributed by atoms with van der Waals surface area (Å²) in [5, 5.41) is 0. The monoisotopic (exact) mass is 401 g/mol. The highest BCUT2D eigenvalue weighted by Crippen LogP contribution is 2.22. The number of halogens is 1. The minimum atomic E-state index is -0.888. The quantitative estimate of drug-likeness (QED) is 0.173. The molecule has 0 aromatic heterocycles. The Labute approximate surface area is 166 Å². The fraction of sp³-hybridized carbons (Fsp3) is 0.737. The number of hydrogen-bond donors (Lipinski definition) is 0. The normalized spacial score (nSPS) is 20.2. The smallest absolute Gasteiger partial charge is 0.435 e. The van der Waals surface area contributed by atoms with Crippen molar-refractivity contribution >= 4 is 18.3 Å². The topological polar surface area (TPSA) is 80.7 Å². The number of carbonyl (C=O) groups is 2. The lowest BCUT2D eigenvalue weighted by atomic mass is 10.2. The standard InChI is InChI=1S/C19H32FN3O5/c1-5-7-8-11-27-19(25)21-18(22(4)14-26-6-2)16(20)12-23(13-24)17-10-9-15(3)28-17/h12-13,15,17H,5-11,14H2,1-4H3/b16-12+,21-18-. The summed E-state index contributed by atoms with van der Waals surface area (Å²) < 4.78 is 30.8. The summed E-state index contributed by atoms with van der Waals surface area (Å²) in [6, 6.07) is 0. The average Bonchev–Trinajstić information content (AvgIpc) is 3.11. The first-order chi connectivity index (χ1) is 13.4. The van der Waals surface area contributed by atoms with E-state index in [1.807, 2.05) is 13.8 Å². The molecule has 0 saturated carbocycles. The molecule has 1 aliphatic rings. The van der Waals surface area contributed by atoms with Crippen molar-refractivity contribution in [3.63, 3.8) is 0 Å². The number of unbranched alkanes of at least 4 members (excludes halogenated alkanes) is 2. The average molecular weight is 401 g/mol. The molecule has 1 fully saturated rings. The molecule has 8 nitrogen and oxygen atoms in total. The van der Waals surface area contributed by atoms with E-state index in [4.69, 9.17) is 14.2 Å². The largest absolute Gasteiger partial charge is 0.448 e. The van der Waals surface area contributed by atoms with Gasteiger partial charge in [0.2, 0.25) is 6.41 Å². The molecule has 0 aromatic rings. The van der Waals surface area contributed by atoms with Crippen LogP contribution in [0.1, 0.15) is 52.9 Å². The predicted molar refractivity (Wildman–Crippen MR) is 103 cm³/mol. The molecule has 9 heteroatoms. The third-order valence-electron chi connectivity index (χ3n) is 4.16. The Morgan fingerprint density at radius 2 is 2.07 bits per heavy atom. The van der Waals surface area contributed by atoms with Gasteiger partial charge in [0.15, 0.2) is 11.7 Å². The van der Waals surface area contributed by atoms with E-state index in [0.717, 1.165) is 36.8 Å². The number of aliphatic imine (C=N–C) groups is 1. The fourth-order valence-corrected chi connectivity index (χ4v) is 2.61. The molecule has 1 aliphatic heterocycles. The molecule has 0 aromatic carbocycles. The van der Waals surface area contributed by atoms with Gasteiger partial charge in [-0.2, -0.15) is 4.99 Å². The third kappa shape index (κ3) is 8.35. The van der Waals surface area contributed by atoms with Gasteiger partial charge in [0, 0.05) is 19.9 Å². The van der Waals surface area contributed by atoms with E-state index >= 15 is 0 Å². The zero-order chi connectivity index (χ0) is 20.9. The molecule has 1 heterocycles. The maximum Gasteiger partial charge on any atom is 0.435 e. The van der Waals surface area contributed by atoms with Gasteiger partial charge in [0.25, 0.3) is 0 Å². The van der Waals surface area contributed by atoms with Gasteiger partial charge in [-0.3, -0.25) is 9.69 Å². The van der Waals surface area contributed by atoms with E-state index in [1.54, 1.807) is 6.92 Å². The van der Waals surface area contributed by atoms with Crippen molar-refractivity contribution in [2.45, 2.75) is 65.2 Å². The van der Waals surface area contributed by atoms with Gasteiger partial charge >= 0.3 is 6.09 Å². The lowest BCUT2D eigenvalue weighted by molar-refractivity contribution is -0.125. The zero-order valence-corrected chi connectivity index (χ0v) is 17.2. The summed E-state index contributed by atoms with van der Waals surface area (Å²) in [5.74, 6) is -1.13. The summed E-state index contributed by atoms with van der Waals surface area (Å²) in [5.41, 5.74) is 0. The molecule has 28 heavy (non-hydrogen) atoms. The Morgan fingerprint density at radius 3 is 2.64 bits per heavy atom. The first-order valence-electron chi connectivity index (χ1n) is 9.73.